The number of nitrogens with two attached hydrogens (primary N) is 1. The summed E-state index contributed by atoms with van der Waals surface area (Å²) in [6.07, 6.45) is 6.32. The van der Waals surface area contributed by atoms with Crippen LogP contribution < -0.4 is 10.5 Å². The second kappa shape index (κ2) is 6.57. The molecule has 0 amide bonds. The summed E-state index contributed by atoms with van der Waals surface area (Å²) in [7, 11) is 0. The number of ether oxygens (including phenoxy) is 2. The number of hydrogen-bond acceptors (Lipinski definition) is 4. The van der Waals surface area contributed by atoms with Crippen molar-refractivity contribution in [1.82, 2.24) is 4.98 Å². The summed E-state index contributed by atoms with van der Waals surface area (Å²) < 4.78 is 11.3. The van der Waals surface area contributed by atoms with E-state index >= 15 is 0 Å². The predicted octanol–water partition coefficient (Wildman–Crippen LogP) is 1.53. The quantitative estimate of drug-likeness (QED) is 0.842. The van der Waals surface area contributed by atoms with Crippen LogP contribution in [0.2, 0.25) is 0 Å². The van der Waals surface area contributed by atoms with Gasteiger partial charge in [-0.2, -0.15) is 0 Å². The monoisotopic (exact) mass is 236 g/mol. The Bertz CT molecular complexity index is 321. The van der Waals surface area contributed by atoms with Gasteiger partial charge in [0.25, 0.3) is 0 Å². The Morgan fingerprint density at radius 1 is 1.41 bits per heavy atom. The number of hydrogen-bond donors (Lipinski definition) is 1. The van der Waals surface area contributed by atoms with Gasteiger partial charge in [0.05, 0.1) is 12.3 Å². The molecule has 94 valence electrons. The molecule has 4 heteroatoms. The zero-order valence-electron chi connectivity index (χ0n) is 10.1. The first kappa shape index (κ1) is 12.3. The Labute approximate surface area is 102 Å². The lowest BCUT2D eigenvalue weighted by Crippen LogP contribution is -2.25. The van der Waals surface area contributed by atoms with Gasteiger partial charge < -0.3 is 15.2 Å². The van der Waals surface area contributed by atoms with Crippen LogP contribution in [-0.4, -0.2) is 30.8 Å². The highest BCUT2D eigenvalue weighted by atomic mass is 16.5. The zero-order valence-corrected chi connectivity index (χ0v) is 10.1. The second-order valence-corrected chi connectivity index (χ2v) is 4.32. The third kappa shape index (κ3) is 3.98. The average molecular weight is 236 g/mol. The maximum Gasteiger partial charge on any atom is 0.137 e. The molecular formula is C13H20N2O2. The van der Waals surface area contributed by atoms with Crippen molar-refractivity contribution in [3.05, 3.63) is 24.0 Å². The van der Waals surface area contributed by atoms with E-state index in [0.29, 0.717) is 13.2 Å². The molecule has 1 fully saturated rings. The maximum absolute atomic E-state index is 5.66. The molecule has 0 radical (unpaired) electrons. The van der Waals surface area contributed by atoms with Crippen LogP contribution in [0, 0.1) is 0 Å². The van der Waals surface area contributed by atoms with Crippen LogP contribution in [0.4, 0.5) is 0 Å². The maximum atomic E-state index is 5.66. The smallest absolute Gasteiger partial charge is 0.137 e. The third-order valence-corrected chi connectivity index (χ3v) is 2.91. The summed E-state index contributed by atoms with van der Waals surface area (Å²) in [5.74, 6) is 0.806. The molecule has 4 nitrogen and oxygen atoms in total. The number of aromatic nitrogens is 1. The second-order valence-electron chi connectivity index (χ2n) is 4.32. The van der Waals surface area contributed by atoms with Gasteiger partial charge >= 0.3 is 0 Å². The molecule has 0 aliphatic carbocycles. The highest BCUT2D eigenvalue weighted by Gasteiger charge is 2.14. The zero-order chi connectivity index (χ0) is 11.9. The summed E-state index contributed by atoms with van der Waals surface area (Å²) in [6, 6.07) is 3.91. The minimum Gasteiger partial charge on any atom is -0.489 e. The van der Waals surface area contributed by atoms with E-state index in [-0.39, 0.29) is 6.10 Å². The first-order valence-electron chi connectivity index (χ1n) is 6.28. The van der Waals surface area contributed by atoms with Crippen LogP contribution in [-0.2, 0) is 11.2 Å². The van der Waals surface area contributed by atoms with Crippen LogP contribution in [0.5, 0.6) is 5.75 Å². The van der Waals surface area contributed by atoms with Gasteiger partial charge in [-0.1, -0.05) is 0 Å². The molecule has 1 aliphatic rings. The predicted molar refractivity (Wildman–Crippen MR) is 66.1 cm³/mol. The molecule has 1 unspecified atom stereocenters. The van der Waals surface area contributed by atoms with Crippen molar-refractivity contribution >= 4 is 0 Å². The molecule has 17 heavy (non-hydrogen) atoms. The van der Waals surface area contributed by atoms with Gasteiger partial charge in [0.2, 0.25) is 0 Å². The molecule has 1 aromatic rings. The van der Waals surface area contributed by atoms with Crippen molar-refractivity contribution in [2.45, 2.75) is 31.8 Å². The fourth-order valence-corrected chi connectivity index (χ4v) is 1.92. The van der Waals surface area contributed by atoms with Crippen LogP contribution in [0.1, 0.15) is 25.0 Å². The van der Waals surface area contributed by atoms with Gasteiger partial charge in [0.1, 0.15) is 12.4 Å². The van der Waals surface area contributed by atoms with Crippen LogP contribution in [0.3, 0.4) is 0 Å². The summed E-state index contributed by atoms with van der Waals surface area (Å²) in [6.45, 7) is 2.11. The van der Waals surface area contributed by atoms with E-state index < -0.39 is 0 Å². The molecule has 1 aliphatic heterocycles. The minimum absolute atomic E-state index is 0.243. The summed E-state index contributed by atoms with van der Waals surface area (Å²) >= 11 is 0. The van der Waals surface area contributed by atoms with E-state index in [1.807, 2.05) is 12.1 Å². The van der Waals surface area contributed by atoms with Crippen LogP contribution >= 0.6 is 0 Å². The Morgan fingerprint density at radius 3 is 3.00 bits per heavy atom. The number of pyridine rings is 1. The summed E-state index contributed by atoms with van der Waals surface area (Å²) in [5.41, 5.74) is 6.48. The molecule has 2 rings (SSSR count). The van der Waals surface area contributed by atoms with Gasteiger partial charge in [0.15, 0.2) is 0 Å². The average Bonchev–Trinajstić information content (AvgIpc) is 2.40. The molecule has 1 atom stereocenters. The van der Waals surface area contributed by atoms with Crippen molar-refractivity contribution in [2.75, 3.05) is 19.8 Å². The molecule has 2 N–H and O–H groups in total. The Hall–Kier alpha value is -1.13. The summed E-state index contributed by atoms with van der Waals surface area (Å²) in [5, 5.41) is 0. The van der Waals surface area contributed by atoms with Crippen molar-refractivity contribution in [3.63, 3.8) is 0 Å². The van der Waals surface area contributed by atoms with E-state index in [1.54, 1.807) is 6.20 Å². The molecule has 2 heterocycles. The van der Waals surface area contributed by atoms with Crippen molar-refractivity contribution in [3.8, 4) is 5.75 Å². The third-order valence-electron chi connectivity index (χ3n) is 2.91. The summed E-state index contributed by atoms with van der Waals surface area (Å²) in [4.78, 5) is 4.29. The fourth-order valence-electron chi connectivity index (χ4n) is 1.92. The van der Waals surface area contributed by atoms with Crippen molar-refractivity contribution < 1.29 is 9.47 Å². The van der Waals surface area contributed by atoms with Gasteiger partial charge in [-0.25, -0.2) is 0 Å². The molecule has 1 saturated heterocycles. The SMILES string of the molecule is NCCc1ccc(OCC2CCCCO2)cn1. The fraction of sp³-hybridized carbons (Fsp3) is 0.615. The molecule has 1 aromatic heterocycles. The lowest BCUT2D eigenvalue weighted by atomic mass is 10.1. The molecular weight excluding hydrogens is 216 g/mol. The Kier molecular flexibility index (Phi) is 4.76. The minimum atomic E-state index is 0.243. The number of nitrogens with zero attached hydrogens (tertiary/aromatic N) is 1. The largest absolute Gasteiger partial charge is 0.489 e. The highest BCUT2D eigenvalue weighted by molar-refractivity contribution is 5.20. The van der Waals surface area contributed by atoms with Gasteiger partial charge in [-0.05, 0) is 37.9 Å². The highest BCUT2D eigenvalue weighted by Crippen LogP contribution is 2.15. The Balaban J connectivity index is 1.77. The van der Waals surface area contributed by atoms with E-state index in [9.17, 15) is 0 Å². The van der Waals surface area contributed by atoms with Gasteiger partial charge in [-0.3, -0.25) is 4.98 Å². The van der Waals surface area contributed by atoms with Crippen molar-refractivity contribution in [2.24, 2.45) is 5.73 Å². The normalized spacial score (nSPS) is 20.2. The van der Waals surface area contributed by atoms with Crippen LogP contribution in [0.15, 0.2) is 18.3 Å². The van der Waals surface area contributed by atoms with Gasteiger partial charge in [-0.15, -0.1) is 0 Å². The lowest BCUT2D eigenvalue weighted by Gasteiger charge is -2.22. The standard InChI is InChI=1S/C13H20N2O2/c14-7-6-11-4-5-12(9-15-11)17-10-13-3-1-2-8-16-13/h4-5,9,13H,1-3,6-8,10,14H2. The molecule has 0 spiro atoms. The van der Waals surface area contributed by atoms with E-state index in [1.165, 1.54) is 12.8 Å². The number of rotatable bonds is 5. The van der Waals surface area contributed by atoms with Crippen molar-refractivity contribution in [1.29, 1.82) is 0 Å². The Morgan fingerprint density at radius 2 is 2.35 bits per heavy atom. The van der Waals surface area contributed by atoms with Gasteiger partial charge in [0, 0.05) is 18.7 Å². The van der Waals surface area contributed by atoms with E-state index in [0.717, 1.165) is 30.9 Å². The molecule has 0 bridgehead atoms. The molecule has 0 saturated carbocycles. The van der Waals surface area contributed by atoms with E-state index in [2.05, 4.69) is 4.98 Å². The first-order chi connectivity index (χ1) is 8.38. The lowest BCUT2D eigenvalue weighted by molar-refractivity contribution is -0.0111. The first-order valence-corrected chi connectivity index (χ1v) is 6.28. The topological polar surface area (TPSA) is 57.4 Å². The molecule has 0 aromatic carbocycles. The van der Waals surface area contributed by atoms with Crippen LogP contribution in [0.25, 0.3) is 0 Å². The van der Waals surface area contributed by atoms with E-state index in [4.69, 9.17) is 15.2 Å².